The van der Waals surface area contributed by atoms with E-state index < -0.39 is 0 Å². The Morgan fingerprint density at radius 3 is 2.65 bits per heavy atom. The van der Waals surface area contributed by atoms with E-state index in [9.17, 15) is 0 Å². The second-order valence-electron chi connectivity index (χ2n) is 5.18. The van der Waals surface area contributed by atoms with Crippen molar-refractivity contribution in [3.8, 4) is 5.75 Å². The Balaban J connectivity index is 1.55. The summed E-state index contributed by atoms with van der Waals surface area (Å²) >= 11 is 12.1. The van der Waals surface area contributed by atoms with Gasteiger partial charge in [0, 0.05) is 34.8 Å². The van der Waals surface area contributed by atoms with Gasteiger partial charge >= 0.3 is 0 Å². The molecule has 2 aromatic carbocycles. The first kappa shape index (κ1) is 15.9. The fraction of sp³-hybridized carbons (Fsp3) is 0.167. The molecule has 0 aliphatic rings. The van der Waals surface area contributed by atoms with Crippen molar-refractivity contribution in [3.63, 3.8) is 0 Å². The maximum absolute atomic E-state index is 6.20. The standard InChI is InChI=1S/C18H16Cl2N2O/c19-14-7-6-13(17(20)11-14)10-15-12-21-18(22-15)8-9-23-16-4-2-1-3-5-16/h1-7,11-12H,8-10H2,(H,21,22). The minimum absolute atomic E-state index is 0.582. The Morgan fingerprint density at radius 2 is 1.87 bits per heavy atom. The SMILES string of the molecule is Clc1ccc(Cc2cnc(CCOc3ccccc3)[nH]2)c(Cl)c1. The van der Waals surface area contributed by atoms with Crippen LogP contribution in [0.5, 0.6) is 5.75 Å². The van der Waals surface area contributed by atoms with Crippen LogP contribution in [0.2, 0.25) is 10.0 Å². The van der Waals surface area contributed by atoms with Crippen LogP contribution < -0.4 is 4.74 Å². The molecule has 1 aromatic heterocycles. The Hall–Kier alpha value is -1.97. The fourth-order valence-electron chi connectivity index (χ4n) is 2.28. The van der Waals surface area contributed by atoms with Gasteiger partial charge in [0.15, 0.2) is 0 Å². The topological polar surface area (TPSA) is 37.9 Å². The number of halogens is 2. The van der Waals surface area contributed by atoms with E-state index in [0.29, 0.717) is 23.1 Å². The average Bonchev–Trinajstić information content (AvgIpc) is 2.99. The first-order chi connectivity index (χ1) is 11.2. The number of rotatable bonds is 6. The van der Waals surface area contributed by atoms with Gasteiger partial charge in [0.05, 0.1) is 6.61 Å². The minimum atomic E-state index is 0.582. The zero-order chi connectivity index (χ0) is 16.1. The van der Waals surface area contributed by atoms with E-state index in [0.717, 1.165) is 29.3 Å². The van der Waals surface area contributed by atoms with Gasteiger partial charge in [-0.15, -0.1) is 0 Å². The number of nitrogens with zero attached hydrogens (tertiary/aromatic N) is 1. The highest BCUT2D eigenvalue weighted by Gasteiger charge is 2.06. The van der Waals surface area contributed by atoms with Gasteiger partial charge in [0.1, 0.15) is 11.6 Å². The second-order valence-corrected chi connectivity index (χ2v) is 6.02. The molecule has 1 N–H and O–H groups in total. The number of nitrogens with one attached hydrogen (secondary N) is 1. The van der Waals surface area contributed by atoms with Crippen molar-refractivity contribution in [2.45, 2.75) is 12.8 Å². The number of H-pyrrole nitrogens is 1. The Labute approximate surface area is 145 Å². The van der Waals surface area contributed by atoms with E-state index in [-0.39, 0.29) is 0 Å². The Kier molecular flexibility index (Phi) is 5.21. The number of ether oxygens (including phenoxy) is 1. The van der Waals surface area contributed by atoms with Crippen molar-refractivity contribution in [2.75, 3.05) is 6.61 Å². The van der Waals surface area contributed by atoms with Gasteiger partial charge in [-0.2, -0.15) is 0 Å². The molecule has 3 nitrogen and oxygen atoms in total. The van der Waals surface area contributed by atoms with Crippen LogP contribution in [0, 0.1) is 0 Å². The third kappa shape index (κ3) is 4.50. The van der Waals surface area contributed by atoms with Crippen LogP contribution in [0.25, 0.3) is 0 Å². The summed E-state index contributed by atoms with van der Waals surface area (Å²) in [5.74, 6) is 1.77. The largest absolute Gasteiger partial charge is 0.493 e. The molecule has 5 heteroatoms. The number of hydrogen-bond acceptors (Lipinski definition) is 2. The first-order valence-electron chi connectivity index (χ1n) is 7.35. The molecule has 0 saturated heterocycles. The van der Waals surface area contributed by atoms with Crippen LogP contribution in [0.4, 0.5) is 0 Å². The number of hydrogen-bond donors (Lipinski definition) is 1. The molecule has 0 bridgehead atoms. The summed E-state index contributed by atoms with van der Waals surface area (Å²) in [4.78, 5) is 7.69. The van der Waals surface area contributed by atoms with E-state index >= 15 is 0 Å². The molecule has 3 rings (SSSR count). The molecule has 118 valence electrons. The van der Waals surface area contributed by atoms with E-state index in [1.54, 1.807) is 6.07 Å². The van der Waals surface area contributed by atoms with Crippen LogP contribution >= 0.6 is 23.2 Å². The molecule has 1 heterocycles. The van der Waals surface area contributed by atoms with Crippen LogP contribution in [-0.2, 0) is 12.8 Å². The zero-order valence-corrected chi connectivity index (χ0v) is 13.9. The zero-order valence-electron chi connectivity index (χ0n) is 12.4. The third-order valence-electron chi connectivity index (χ3n) is 3.43. The maximum Gasteiger partial charge on any atom is 0.119 e. The fourth-order valence-corrected chi connectivity index (χ4v) is 2.75. The van der Waals surface area contributed by atoms with Gasteiger partial charge in [0.25, 0.3) is 0 Å². The highest BCUT2D eigenvalue weighted by Crippen LogP contribution is 2.23. The molecule has 0 amide bonds. The lowest BCUT2D eigenvalue weighted by Crippen LogP contribution is -2.02. The van der Waals surface area contributed by atoms with Crippen LogP contribution in [-0.4, -0.2) is 16.6 Å². The van der Waals surface area contributed by atoms with Gasteiger partial charge in [0.2, 0.25) is 0 Å². The van der Waals surface area contributed by atoms with Crippen molar-refractivity contribution < 1.29 is 4.74 Å². The molecule has 0 aliphatic carbocycles. The summed E-state index contributed by atoms with van der Waals surface area (Å²) in [5.41, 5.74) is 2.04. The van der Waals surface area contributed by atoms with Gasteiger partial charge in [-0.1, -0.05) is 47.5 Å². The summed E-state index contributed by atoms with van der Waals surface area (Å²) in [7, 11) is 0. The van der Waals surface area contributed by atoms with E-state index in [1.165, 1.54) is 0 Å². The number of aromatic amines is 1. The summed E-state index contributed by atoms with van der Waals surface area (Å²) in [6.45, 7) is 0.582. The van der Waals surface area contributed by atoms with Crippen molar-refractivity contribution in [2.24, 2.45) is 0 Å². The number of benzene rings is 2. The molecule has 0 aliphatic heterocycles. The summed E-state index contributed by atoms with van der Waals surface area (Å²) < 4.78 is 5.67. The number of imidazole rings is 1. The molecule has 0 saturated carbocycles. The van der Waals surface area contributed by atoms with E-state index in [2.05, 4.69) is 9.97 Å². The predicted octanol–water partition coefficient (Wildman–Crippen LogP) is 4.93. The molecule has 23 heavy (non-hydrogen) atoms. The number of para-hydroxylation sites is 1. The highest BCUT2D eigenvalue weighted by molar-refractivity contribution is 6.35. The van der Waals surface area contributed by atoms with Gasteiger partial charge in [-0.05, 0) is 29.8 Å². The molecular weight excluding hydrogens is 331 g/mol. The van der Waals surface area contributed by atoms with E-state index in [1.807, 2.05) is 48.7 Å². The number of aromatic nitrogens is 2. The summed E-state index contributed by atoms with van der Waals surface area (Å²) in [6.07, 6.45) is 3.26. The lowest BCUT2D eigenvalue weighted by Gasteiger charge is -2.04. The lowest BCUT2D eigenvalue weighted by molar-refractivity contribution is 0.319. The average molecular weight is 347 g/mol. The molecular formula is C18H16Cl2N2O. The summed E-state index contributed by atoms with van der Waals surface area (Å²) in [5, 5.41) is 1.31. The first-order valence-corrected chi connectivity index (χ1v) is 8.11. The smallest absolute Gasteiger partial charge is 0.119 e. The van der Waals surface area contributed by atoms with Crippen LogP contribution in [0.3, 0.4) is 0 Å². The minimum Gasteiger partial charge on any atom is -0.493 e. The quantitative estimate of drug-likeness (QED) is 0.687. The molecule has 0 unspecified atom stereocenters. The second kappa shape index (κ2) is 7.53. The van der Waals surface area contributed by atoms with Gasteiger partial charge < -0.3 is 9.72 Å². The van der Waals surface area contributed by atoms with Crippen molar-refractivity contribution >= 4 is 23.2 Å². The maximum atomic E-state index is 6.20. The molecule has 0 radical (unpaired) electrons. The van der Waals surface area contributed by atoms with Crippen molar-refractivity contribution in [1.82, 2.24) is 9.97 Å². The van der Waals surface area contributed by atoms with Crippen LogP contribution in [0.1, 0.15) is 17.1 Å². The molecule has 0 fully saturated rings. The van der Waals surface area contributed by atoms with Crippen LogP contribution in [0.15, 0.2) is 54.7 Å². The molecule has 0 spiro atoms. The predicted molar refractivity (Wildman–Crippen MR) is 93.5 cm³/mol. The van der Waals surface area contributed by atoms with Gasteiger partial charge in [-0.3, -0.25) is 0 Å². The molecule has 0 atom stereocenters. The Morgan fingerprint density at radius 1 is 1.04 bits per heavy atom. The highest BCUT2D eigenvalue weighted by atomic mass is 35.5. The third-order valence-corrected chi connectivity index (χ3v) is 4.01. The van der Waals surface area contributed by atoms with Crippen molar-refractivity contribution in [3.05, 3.63) is 81.9 Å². The Bertz CT molecular complexity index is 772. The van der Waals surface area contributed by atoms with E-state index in [4.69, 9.17) is 27.9 Å². The molecule has 3 aromatic rings. The van der Waals surface area contributed by atoms with Gasteiger partial charge in [-0.25, -0.2) is 4.98 Å². The normalized spacial score (nSPS) is 10.7. The summed E-state index contributed by atoms with van der Waals surface area (Å²) in [6, 6.07) is 15.3. The monoisotopic (exact) mass is 346 g/mol. The van der Waals surface area contributed by atoms with Crippen molar-refractivity contribution in [1.29, 1.82) is 0 Å². The lowest BCUT2D eigenvalue weighted by atomic mass is 10.1.